The van der Waals surface area contributed by atoms with E-state index in [1.807, 2.05) is 30.3 Å². The SMILES string of the molecule is CC(C)(C)OC(=O)[NH+]1C(=O)CC(Cc2ccccc2)C1=O. The fourth-order valence-corrected chi connectivity index (χ4v) is 2.37. The van der Waals surface area contributed by atoms with Crippen molar-refractivity contribution in [3.8, 4) is 0 Å². The molecule has 0 radical (unpaired) electrons. The Labute approximate surface area is 123 Å². The van der Waals surface area contributed by atoms with E-state index < -0.39 is 29.4 Å². The number of carbonyl (C=O) groups excluding carboxylic acids is 3. The molecule has 2 atom stereocenters. The van der Waals surface area contributed by atoms with Gasteiger partial charge in [0.05, 0.1) is 12.3 Å². The Morgan fingerprint density at radius 1 is 1.24 bits per heavy atom. The van der Waals surface area contributed by atoms with Crippen LogP contribution in [-0.4, -0.2) is 23.5 Å². The predicted octanol–water partition coefficient (Wildman–Crippen LogP) is 1.12. The van der Waals surface area contributed by atoms with Crippen molar-refractivity contribution in [1.29, 1.82) is 0 Å². The van der Waals surface area contributed by atoms with Crippen molar-refractivity contribution >= 4 is 17.9 Å². The van der Waals surface area contributed by atoms with E-state index >= 15 is 0 Å². The number of quaternary nitrogens is 1. The maximum Gasteiger partial charge on any atom is 0.530 e. The summed E-state index contributed by atoms with van der Waals surface area (Å²) in [4.78, 5) is 35.9. The highest BCUT2D eigenvalue weighted by Gasteiger charge is 2.50. The maximum atomic E-state index is 12.3. The maximum absolute atomic E-state index is 12.3. The predicted molar refractivity (Wildman–Crippen MR) is 75.5 cm³/mol. The molecule has 2 rings (SSSR count). The molecule has 1 aliphatic rings. The van der Waals surface area contributed by atoms with Crippen molar-refractivity contribution in [3.05, 3.63) is 35.9 Å². The molecule has 5 nitrogen and oxygen atoms in total. The number of benzene rings is 1. The first-order valence-corrected chi connectivity index (χ1v) is 6.99. The lowest BCUT2D eigenvalue weighted by Gasteiger charge is -2.19. The Hall–Kier alpha value is -2.01. The van der Waals surface area contributed by atoms with Crippen molar-refractivity contribution in [2.24, 2.45) is 5.92 Å². The summed E-state index contributed by atoms with van der Waals surface area (Å²) in [5.41, 5.74) is 0.261. The summed E-state index contributed by atoms with van der Waals surface area (Å²) in [5.74, 6) is -1.25. The van der Waals surface area contributed by atoms with Crippen LogP contribution in [0.1, 0.15) is 32.8 Å². The molecule has 1 saturated heterocycles. The van der Waals surface area contributed by atoms with Gasteiger partial charge in [0.1, 0.15) is 5.60 Å². The monoisotopic (exact) mass is 290 g/mol. The first-order chi connectivity index (χ1) is 9.78. The third-order valence-corrected chi connectivity index (χ3v) is 3.26. The lowest BCUT2D eigenvalue weighted by atomic mass is 9.98. The lowest BCUT2D eigenvalue weighted by Crippen LogP contribution is -3.17. The minimum absolute atomic E-state index is 0.0856. The van der Waals surface area contributed by atoms with Crippen molar-refractivity contribution in [3.63, 3.8) is 0 Å². The van der Waals surface area contributed by atoms with Crippen molar-refractivity contribution in [1.82, 2.24) is 0 Å². The Morgan fingerprint density at radius 2 is 1.86 bits per heavy atom. The zero-order valence-corrected chi connectivity index (χ0v) is 12.5. The second-order valence-electron chi connectivity index (χ2n) is 6.26. The zero-order chi connectivity index (χ0) is 15.6. The van der Waals surface area contributed by atoms with Crippen LogP contribution in [0.15, 0.2) is 30.3 Å². The molecule has 0 saturated carbocycles. The van der Waals surface area contributed by atoms with Gasteiger partial charge in [-0.2, -0.15) is 4.79 Å². The molecule has 1 fully saturated rings. The van der Waals surface area contributed by atoms with E-state index in [2.05, 4.69) is 0 Å². The number of likely N-dealkylation sites (tertiary alicyclic amines) is 1. The molecule has 3 amide bonds. The molecule has 0 bridgehead atoms. The van der Waals surface area contributed by atoms with Crippen LogP contribution in [0.2, 0.25) is 0 Å². The van der Waals surface area contributed by atoms with Crippen LogP contribution in [0.3, 0.4) is 0 Å². The van der Waals surface area contributed by atoms with E-state index in [0.717, 1.165) is 5.56 Å². The Bertz CT molecular complexity index is 559. The molecular weight excluding hydrogens is 270 g/mol. The molecule has 5 heteroatoms. The van der Waals surface area contributed by atoms with Gasteiger partial charge in [-0.05, 0) is 32.8 Å². The van der Waals surface area contributed by atoms with Gasteiger partial charge in [-0.1, -0.05) is 30.3 Å². The standard InChI is InChI=1S/C16H19NO4/c1-16(2,3)21-15(20)17-13(18)10-12(14(17)19)9-11-7-5-4-6-8-11/h4-8,12H,9-10H2,1-3H3/p+1. The number of ether oxygens (including phenoxy) is 1. The number of imide groups is 3. The summed E-state index contributed by atoms with van der Waals surface area (Å²) in [5, 5.41) is 0. The minimum Gasteiger partial charge on any atom is -0.414 e. The van der Waals surface area contributed by atoms with Gasteiger partial charge in [0, 0.05) is 0 Å². The molecule has 1 heterocycles. The molecule has 0 aromatic heterocycles. The highest BCUT2D eigenvalue weighted by Crippen LogP contribution is 2.15. The number of carbonyl (C=O) groups is 3. The number of hydrogen-bond acceptors (Lipinski definition) is 4. The van der Waals surface area contributed by atoms with E-state index in [4.69, 9.17) is 4.74 Å². The van der Waals surface area contributed by atoms with Crippen LogP contribution in [0.25, 0.3) is 0 Å². The topological polar surface area (TPSA) is 64.9 Å². The average molecular weight is 290 g/mol. The number of nitrogens with one attached hydrogen (secondary N) is 1. The molecule has 1 N–H and O–H groups in total. The quantitative estimate of drug-likeness (QED) is 0.829. The van der Waals surface area contributed by atoms with Crippen LogP contribution in [0, 0.1) is 5.92 Å². The summed E-state index contributed by atoms with van der Waals surface area (Å²) in [6.45, 7) is 5.12. The van der Waals surface area contributed by atoms with Gasteiger partial charge in [-0.3, -0.25) is 0 Å². The summed E-state index contributed by atoms with van der Waals surface area (Å²) >= 11 is 0. The highest BCUT2D eigenvalue weighted by molar-refractivity contribution is 5.98. The first-order valence-electron chi connectivity index (χ1n) is 6.99. The molecule has 2 unspecified atom stereocenters. The molecule has 0 aliphatic carbocycles. The zero-order valence-electron chi connectivity index (χ0n) is 12.5. The summed E-state index contributed by atoms with van der Waals surface area (Å²) in [6, 6.07) is 9.47. The van der Waals surface area contributed by atoms with Crippen molar-refractivity contribution in [2.45, 2.75) is 39.2 Å². The molecule has 0 spiro atoms. The highest BCUT2D eigenvalue weighted by atomic mass is 16.6. The van der Waals surface area contributed by atoms with Gasteiger partial charge in [-0.25, -0.2) is 9.59 Å². The molecular formula is C16H20NO4+. The number of hydrogen-bond donors (Lipinski definition) is 1. The Morgan fingerprint density at radius 3 is 2.43 bits per heavy atom. The van der Waals surface area contributed by atoms with E-state index in [0.29, 0.717) is 6.42 Å². The molecule has 1 aromatic carbocycles. The minimum atomic E-state index is -0.798. The Balaban J connectivity index is 2.08. The Kier molecular flexibility index (Phi) is 4.23. The van der Waals surface area contributed by atoms with Crippen LogP contribution in [0.4, 0.5) is 4.79 Å². The molecule has 112 valence electrons. The van der Waals surface area contributed by atoms with Crippen molar-refractivity contribution < 1.29 is 24.0 Å². The first kappa shape index (κ1) is 15.4. The van der Waals surface area contributed by atoms with E-state index in [9.17, 15) is 14.4 Å². The fourth-order valence-electron chi connectivity index (χ4n) is 2.37. The van der Waals surface area contributed by atoms with Gasteiger partial charge >= 0.3 is 17.9 Å². The van der Waals surface area contributed by atoms with Gasteiger partial charge in [-0.15, -0.1) is 4.90 Å². The molecule has 21 heavy (non-hydrogen) atoms. The number of rotatable bonds is 2. The summed E-state index contributed by atoms with van der Waals surface area (Å²) < 4.78 is 5.14. The smallest absolute Gasteiger partial charge is 0.414 e. The van der Waals surface area contributed by atoms with Gasteiger partial charge in [0.2, 0.25) is 0 Å². The van der Waals surface area contributed by atoms with E-state index in [-0.39, 0.29) is 11.3 Å². The third-order valence-electron chi connectivity index (χ3n) is 3.26. The summed E-state index contributed by atoms with van der Waals surface area (Å²) in [7, 11) is 0. The molecule has 1 aromatic rings. The fraction of sp³-hybridized carbons (Fsp3) is 0.438. The largest absolute Gasteiger partial charge is 0.530 e. The lowest BCUT2D eigenvalue weighted by molar-refractivity contribution is -0.655. The number of alkyl carbamates (subject to hydrolysis) is 2. The van der Waals surface area contributed by atoms with Crippen molar-refractivity contribution in [2.75, 3.05) is 0 Å². The summed E-state index contributed by atoms with van der Waals surface area (Å²) in [6.07, 6.45) is -0.243. The van der Waals surface area contributed by atoms with E-state index in [1.165, 1.54) is 0 Å². The average Bonchev–Trinajstić information content (AvgIpc) is 2.63. The van der Waals surface area contributed by atoms with Gasteiger partial charge in [0.15, 0.2) is 0 Å². The van der Waals surface area contributed by atoms with Gasteiger partial charge < -0.3 is 4.74 Å². The van der Waals surface area contributed by atoms with Crippen LogP contribution >= 0.6 is 0 Å². The second-order valence-corrected chi connectivity index (χ2v) is 6.26. The van der Waals surface area contributed by atoms with Crippen LogP contribution < -0.4 is 4.90 Å². The van der Waals surface area contributed by atoms with E-state index in [1.54, 1.807) is 20.8 Å². The normalized spacial score (nSPS) is 22.4. The van der Waals surface area contributed by atoms with Crippen LogP contribution in [-0.2, 0) is 20.7 Å². The number of amides is 3. The molecule has 1 aliphatic heterocycles. The van der Waals surface area contributed by atoms with Gasteiger partial charge in [0.25, 0.3) is 0 Å². The second kappa shape index (κ2) is 5.77. The van der Waals surface area contributed by atoms with Crippen LogP contribution in [0.5, 0.6) is 0 Å². The third kappa shape index (κ3) is 3.76.